The van der Waals surface area contributed by atoms with E-state index in [0.717, 1.165) is 17.9 Å². The van der Waals surface area contributed by atoms with E-state index in [1.165, 1.54) is 29.2 Å². The van der Waals surface area contributed by atoms with Crippen LogP contribution >= 0.6 is 11.3 Å². The van der Waals surface area contributed by atoms with Crippen molar-refractivity contribution in [1.29, 1.82) is 0 Å². The lowest BCUT2D eigenvalue weighted by Gasteiger charge is -2.09. The highest BCUT2D eigenvalue weighted by atomic mass is 32.1. The van der Waals surface area contributed by atoms with Crippen molar-refractivity contribution in [2.24, 2.45) is 0 Å². The Balaban J connectivity index is 2.19. The molecule has 1 amide bonds. The number of carbonyl (C=O) groups is 2. The third-order valence-electron chi connectivity index (χ3n) is 3.60. The molecule has 2 aromatic heterocycles. The van der Waals surface area contributed by atoms with E-state index in [1.807, 2.05) is 30.8 Å². The summed E-state index contributed by atoms with van der Waals surface area (Å²) in [5.41, 5.74) is 2.90. The molecule has 2 rings (SSSR count). The summed E-state index contributed by atoms with van der Waals surface area (Å²) >= 11 is 1.36. The van der Waals surface area contributed by atoms with Crippen LogP contribution in [0.1, 0.15) is 41.3 Å². The number of aryl methyl sites for hydroxylation is 2. The molecule has 0 unspecified atom stereocenters. The van der Waals surface area contributed by atoms with Gasteiger partial charge in [0.25, 0.3) is 0 Å². The number of allylic oxidation sites excluding steroid dienone is 1. The quantitative estimate of drug-likeness (QED) is 0.624. The fraction of sp³-hybridized carbons (Fsp3) is 0.375. The highest BCUT2D eigenvalue weighted by Gasteiger charge is 2.16. The van der Waals surface area contributed by atoms with Crippen molar-refractivity contribution < 1.29 is 9.59 Å². The van der Waals surface area contributed by atoms with Crippen LogP contribution in [0.5, 0.6) is 0 Å². The molecule has 0 aliphatic heterocycles. The first-order chi connectivity index (χ1) is 10.8. The number of nitrogens with zero attached hydrogens (tertiary/aromatic N) is 4. The summed E-state index contributed by atoms with van der Waals surface area (Å²) < 4.78 is 1.82. The lowest BCUT2D eigenvalue weighted by Crippen LogP contribution is -2.22. The maximum Gasteiger partial charge on any atom is 0.225 e. The number of thiazole rings is 1. The SMILES string of the molecule is CCn1nc(C)c(C(=O)/C=C/c2csc(N(C)C(C)=O)n2)c1C. The average Bonchev–Trinajstić information content (AvgIpc) is 3.08. The highest BCUT2D eigenvalue weighted by molar-refractivity contribution is 7.14. The summed E-state index contributed by atoms with van der Waals surface area (Å²) in [6.45, 7) is 7.94. The molecule has 7 heteroatoms. The van der Waals surface area contributed by atoms with Crippen LogP contribution in [0.25, 0.3) is 6.08 Å². The van der Waals surface area contributed by atoms with Crippen molar-refractivity contribution >= 4 is 34.2 Å². The predicted molar refractivity (Wildman–Crippen MR) is 91.9 cm³/mol. The Kier molecular flexibility index (Phi) is 5.10. The molecule has 0 aromatic carbocycles. The molecule has 0 N–H and O–H groups in total. The van der Waals surface area contributed by atoms with Crippen molar-refractivity contribution in [3.8, 4) is 0 Å². The molecule has 0 aliphatic rings. The first-order valence-electron chi connectivity index (χ1n) is 7.31. The van der Waals surface area contributed by atoms with Gasteiger partial charge in [-0.05, 0) is 32.9 Å². The zero-order valence-electron chi connectivity index (χ0n) is 14.0. The topological polar surface area (TPSA) is 68.1 Å². The van der Waals surface area contributed by atoms with Crippen LogP contribution in [0.15, 0.2) is 11.5 Å². The molecule has 0 saturated carbocycles. The van der Waals surface area contributed by atoms with E-state index in [4.69, 9.17) is 0 Å². The molecule has 23 heavy (non-hydrogen) atoms. The fourth-order valence-corrected chi connectivity index (χ4v) is 3.05. The summed E-state index contributed by atoms with van der Waals surface area (Å²) in [7, 11) is 1.67. The number of ketones is 1. The van der Waals surface area contributed by atoms with Crippen LogP contribution in [-0.2, 0) is 11.3 Å². The van der Waals surface area contributed by atoms with Gasteiger partial charge in [0.05, 0.1) is 17.0 Å². The van der Waals surface area contributed by atoms with Gasteiger partial charge in [0.1, 0.15) is 0 Å². The van der Waals surface area contributed by atoms with Gasteiger partial charge in [-0.2, -0.15) is 5.10 Å². The molecule has 2 aromatic rings. The molecule has 0 bridgehead atoms. The van der Waals surface area contributed by atoms with Gasteiger partial charge < -0.3 is 0 Å². The summed E-state index contributed by atoms with van der Waals surface area (Å²) in [5, 5.41) is 6.78. The normalized spacial score (nSPS) is 11.2. The van der Waals surface area contributed by atoms with E-state index in [9.17, 15) is 9.59 Å². The zero-order chi connectivity index (χ0) is 17.1. The molecular formula is C16H20N4O2S. The number of amides is 1. The van der Waals surface area contributed by atoms with Crippen LogP contribution < -0.4 is 4.90 Å². The zero-order valence-corrected chi connectivity index (χ0v) is 14.8. The smallest absolute Gasteiger partial charge is 0.225 e. The molecule has 0 spiro atoms. The third kappa shape index (κ3) is 3.56. The standard InChI is InChI=1S/C16H20N4O2S/c1-6-20-11(3)15(10(2)18-20)14(22)8-7-13-9-23-16(17-13)19(5)12(4)21/h7-9H,6H2,1-5H3/b8-7+. The molecule has 0 radical (unpaired) electrons. The monoisotopic (exact) mass is 332 g/mol. The first-order valence-corrected chi connectivity index (χ1v) is 8.19. The lowest BCUT2D eigenvalue weighted by molar-refractivity contribution is -0.116. The predicted octanol–water partition coefficient (Wildman–Crippen LogP) is 2.86. The van der Waals surface area contributed by atoms with Gasteiger partial charge in [-0.15, -0.1) is 11.3 Å². The lowest BCUT2D eigenvalue weighted by atomic mass is 10.1. The van der Waals surface area contributed by atoms with Crippen molar-refractivity contribution in [3.63, 3.8) is 0 Å². The Morgan fingerprint density at radius 3 is 2.65 bits per heavy atom. The Labute approximate surface area is 139 Å². The second-order valence-corrected chi connectivity index (χ2v) is 6.03. The molecule has 0 atom stereocenters. The number of rotatable bonds is 5. The second kappa shape index (κ2) is 6.87. The summed E-state index contributed by atoms with van der Waals surface area (Å²) in [6.07, 6.45) is 3.17. The Morgan fingerprint density at radius 2 is 2.09 bits per heavy atom. The highest BCUT2D eigenvalue weighted by Crippen LogP contribution is 2.21. The van der Waals surface area contributed by atoms with Crippen molar-refractivity contribution in [3.05, 3.63) is 34.1 Å². The van der Waals surface area contributed by atoms with Crippen molar-refractivity contribution in [2.75, 3.05) is 11.9 Å². The molecule has 0 aliphatic carbocycles. The molecular weight excluding hydrogens is 312 g/mol. The van der Waals surface area contributed by atoms with Crippen LogP contribution in [0.4, 0.5) is 5.13 Å². The average molecular weight is 332 g/mol. The number of carbonyl (C=O) groups excluding carboxylic acids is 2. The Morgan fingerprint density at radius 1 is 1.39 bits per heavy atom. The maximum absolute atomic E-state index is 12.4. The number of aromatic nitrogens is 3. The number of hydrogen-bond donors (Lipinski definition) is 0. The molecule has 6 nitrogen and oxygen atoms in total. The molecule has 0 fully saturated rings. The number of hydrogen-bond acceptors (Lipinski definition) is 5. The number of anilines is 1. The minimum Gasteiger partial charge on any atom is -0.291 e. The molecule has 2 heterocycles. The largest absolute Gasteiger partial charge is 0.291 e. The molecule has 122 valence electrons. The third-order valence-corrected chi connectivity index (χ3v) is 4.54. The van der Waals surface area contributed by atoms with Gasteiger partial charge >= 0.3 is 0 Å². The van der Waals surface area contributed by atoms with Crippen molar-refractivity contribution in [1.82, 2.24) is 14.8 Å². The van der Waals surface area contributed by atoms with Crippen molar-refractivity contribution in [2.45, 2.75) is 34.2 Å². The van der Waals surface area contributed by atoms with Gasteiger partial charge in [-0.1, -0.05) is 0 Å². The van der Waals surface area contributed by atoms with E-state index in [-0.39, 0.29) is 11.7 Å². The van der Waals surface area contributed by atoms with Crippen LogP contribution in [0.3, 0.4) is 0 Å². The fourth-order valence-electron chi connectivity index (χ4n) is 2.25. The van der Waals surface area contributed by atoms with E-state index in [1.54, 1.807) is 13.1 Å². The van der Waals surface area contributed by atoms with E-state index < -0.39 is 0 Å². The Bertz CT molecular complexity index is 773. The minimum atomic E-state index is -0.0887. The van der Waals surface area contributed by atoms with Crippen LogP contribution in [0.2, 0.25) is 0 Å². The van der Waals surface area contributed by atoms with Gasteiger partial charge in [0.2, 0.25) is 5.91 Å². The summed E-state index contributed by atoms with van der Waals surface area (Å²) in [5.74, 6) is -0.168. The van der Waals surface area contributed by atoms with Crippen LogP contribution in [0, 0.1) is 13.8 Å². The summed E-state index contributed by atoms with van der Waals surface area (Å²) in [4.78, 5) is 29.5. The minimum absolute atomic E-state index is 0.0795. The van der Waals surface area contributed by atoms with E-state index in [0.29, 0.717) is 16.4 Å². The summed E-state index contributed by atoms with van der Waals surface area (Å²) in [6, 6.07) is 0. The first kappa shape index (κ1) is 17.1. The van der Waals surface area contributed by atoms with Gasteiger partial charge in [-0.3, -0.25) is 19.2 Å². The van der Waals surface area contributed by atoms with E-state index in [2.05, 4.69) is 10.1 Å². The molecule has 0 saturated heterocycles. The van der Waals surface area contributed by atoms with E-state index >= 15 is 0 Å². The van der Waals surface area contributed by atoms with Gasteiger partial charge in [0, 0.05) is 31.6 Å². The maximum atomic E-state index is 12.4. The van der Waals surface area contributed by atoms with Crippen LogP contribution in [-0.4, -0.2) is 33.5 Å². The Hall–Kier alpha value is -2.28. The second-order valence-electron chi connectivity index (χ2n) is 5.19. The van der Waals surface area contributed by atoms with Gasteiger partial charge in [0.15, 0.2) is 10.9 Å². The van der Waals surface area contributed by atoms with Gasteiger partial charge in [-0.25, -0.2) is 4.98 Å².